The highest BCUT2D eigenvalue weighted by atomic mass is 17.2. The summed E-state index contributed by atoms with van der Waals surface area (Å²) < 4.78 is 0. The minimum absolute atomic E-state index is 0.125. The Labute approximate surface area is 292 Å². The van der Waals surface area contributed by atoms with Gasteiger partial charge in [-0.05, 0) is 72.5 Å². The summed E-state index contributed by atoms with van der Waals surface area (Å²) in [6.07, 6.45) is 3.97. The number of amides is 3. The second kappa shape index (κ2) is 20.5. The minimum atomic E-state index is -1.61. The van der Waals surface area contributed by atoms with Gasteiger partial charge in [0.2, 0.25) is 23.1 Å². The molecule has 0 aromatic carbocycles. The van der Waals surface area contributed by atoms with E-state index in [2.05, 4.69) is 16.0 Å². The highest BCUT2D eigenvalue weighted by Gasteiger charge is 2.39. The van der Waals surface area contributed by atoms with Crippen LogP contribution in [0.3, 0.4) is 0 Å². The first-order valence-electron chi connectivity index (χ1n) is 17.2. The van der Waals surface area contributed by atoms with Gasteiger partial charge < -0.3 is 30.9 Å². The molecule has 5 N–H and O–H groups in total. The number of nitrogens with one attached hydrogen (secondary N) is 3. The standard InChI is InChI=1S/C30H53BN8O11/c1-21(30(45)38-11-5-6-24(38)31(46)47)34-29(44)23-9-7-22(8-10-23)16-33-25(40)18-35(3)12-14-37-15-13-36(4)19-27(42)49-39(50-28(43)20-37)48-26(41)17-32-2/h21-24,32,46-47H,5-20H2,1-4H3,(H,33,40)(H,34,44)/t21-,22?,23?,24+/m1/s1. The van der Waals surface area contributed by atoms with Crippen LogP contribution in [0.25, 0.3) is 0 Å². The first-order valence-corrected chi connectivity index (χ1v) is 17.2. The molecule has 0 bridgehead atoms. The number of rotatable bonds is 14. The lowest BCUT2D eigenvalue weighted by atomic mass is 9.77. The van der Waals surface area contributed by atoms with Crippen LogP contribution in [0, 0.1) is 11.8 Å². The van der Waals surface area contributed by atoms with Crippen molar-refractivity contribution < 1.29 is 53.3 Å². The fourth-order valence-corrected chi connectivity index (χ4v) is 6.20. The highest BCUT2D eigenvalue weighted by Crippen LogP contribution is 2.29. The van der Waals surface area contributed by atoms with Crippen molar-refractivity contribution in [2.24, 2.45) is 11.8 Å². The van der Waals surface area contributed by atoms with Gasteiger partial charge in [0.1, 0.15) is 6.04 Å². The van der Waals surface area contributed by atoms with Gasteiger partial charge in [0.25, 0.3) is 0 Å². The van der Waals surface area contributed by atoms with Gasteiger partial charge in [0.15, 0.2) is 0 Å². The quantitative estimate of drug-likeness (QED) is 0.110. The van der Waals surface area contributed by atoms with Crippen LogP contribution in [-0.2, 0) is 43.3 Å². The van der Waals surface area contributed by atoms with E-state index in [-0.39, 0.29) is 61.1 Å². The van der Waals surface area contributed by atoms with E-state index in [4.69, 9.17) is 14.5 Å². The van der Waals surface area contributed by atoms with Gasteiger partial charge in [-0.15, -0.1) is 0 Å². The Hall–Kier alpha value is -3.40. The second-order valence-corrected chi connectivity index (χ2v) is 13.3. The fourth-order valence-electron chi connectivity index (χ4n) is 6.20. The van der Waals surface area contributed by atoms with Crippen LogP contribution in [0.5, 0.6) is 0 Å². The Kier molecular flexibility index (Phi) is 16.8. The first-order chi connectivity index (χ1) is 23.7. The molecule has 19 nitrogen and oxygen atoms in total. The van der Waals surface area contributed by atoms with E-state index in [0.717, 1.165) is 12.8 Å². The molecule has 50 heavy (non-hydrogen) atoms. The van der Waals surface area contributed by atoms with Crippen LogP contribution in [0.15, 0.2) is 0 Å². The van der Waals surface area contributed by atoms with Crippen LogP contribution in [0.1, 0.15) is 45.4 Å². The number of carbonyl (C=O) groups is 6. The van der Waals surface area contributed by atoms with E-state index in [1.54, 1.807) is 30.8 Å². The molecule has 0 unspecified atom stereocenters. The Morgan fingerprint density at radius 1 is 1.02 bits per heavy atom. The van der Waals surface area contributed by atoms with E-state index in [9.17, 15) is 38.8 Å². The third-order valence-corrected chi connectivity index (χ3v) is 9.07. The van der Waals surface area contributed by atoms with Crippen LogP contribution >= 0.6 is 0 Å². The van der Waals surface area contributed by atoms with Crippen molar-refractivity contribution in [3.63, 3.8) is 0 Å². The molecule has 2 saturated heterocycles. The van der Waals surface area contributed by atoms with E-state index in [0.29, 0.717) is 65.0 Å². The van der Waals surface area contributed by atoms with Crippen molar-refractivity contribution in [1.82, 2.24) is 40.9 Å². The zero-order valence-electron chi connectivity index (χ0n) is 29.5. The summed E-state index contributed by atoms with van der Waals surface area (Å²) >= 11 is 0. The van der Waals surface area contributed by atoms with Crippen LogP contribution in [0.4, 0.5) is 0 Å². The predicted molar refractivity (Wildman–Crippen MR) is 176 cm³/mol. The molecular weight excluding hydrogens is 659 g/mol. The van der Waals surface area contributed by atoms with Crippen molar-refractivity contribution in [3.8, 4) is 0 Å². The van der Waals surface area contributed by atoms with Crippen molar-refractivity contribution >= 4 is 42.7 Å². The summed E-state index contributed by atoms with van der Waals surface area (Å²) in [4.78, 5) is 96.4. The Balaban J connectivity index is 1.37. The van der Waals surface area contributed by atoms with Gasteiger partial charge in [0, 0.05) is 45.2 Å². The SMILES string of the molecule is CNCC(=O)ON1OC(=O)CN(C)CCN(CCN(C)CC(=O)NCC2CCC(C(=O)N[C@H](C)C(=O)N3CCC[C@H]3B(O)O)CC2)CC(=O)O1. The van der Waals surface area contributed by atoms with Crippen LogP contribution in [-0.4, -0.2) is 176 Å². The normalized spacial score (nSPS) is 23.7. The Morgan fingerprint density at radius 2 is 1.70 bits per heavy atom. The summed E-state index contributed by atoms with van der Waals surface area (Å²) in [5.41, 5.74) is 0. The van der Waals surface area contributed by atoms with Crippen molar-refractivity contribution in [1.29, 1.82) is 0 Å². The van der Waals surface area contributed by atoms with Crippen LogP contribution < -0.4 is 16.0 Å². The average Bonchev–Trinajstić information content (AvgIpc) is 3.54. The summed E-state index contributed by atoms with van der Waals surface area (Å²) in [6, 6.07) is -0.765. The Morgan fingerprint density at radius 3 is 2.36 bits per heavy atom. The van der Waals surface area contributed by atoms with Crippen molar-refractivity contribution in [3.05, 3.63) is 0 Å². The molecule has 0 radical (unpaired) electrons. The molecule has 0 aromatic rings. The topological polar surface area (TPSA) is 223 Å². The Bertz CT molecular complexity index is 1180. The van der Waals surface area contributed by atoms with E-state index in [1.807, 2.05) is 4.90 Å². The van der Waals surface area contributed by atoms with Gasteiger partial charge in [-0.25, -0.2) is 14.4 Å². The lowest BCUT2D eigenvalue weighted by Gasteiger charge is -2.30. The average molecular weight is 713 g/mol. The number of hydrogen-bond acceptors (Lipinski definition) is 16. The summed E-state index contributed by atoms with van der Waals surface area (Å²) in [5, 5.41) is 27.6. The maximum atomic E-state index is 12.9. The third kappa shape index (κ3) is 13.7. The van der Waals surface area contributed by atoms with Crippen LogP contribution in [0.2, 0.25) is 0 Å². The molecule has 2 aliphatic heterocycles. The maximum Gasteiger partial charge on any atom is 0.475 e. The molecular formula is C30H53BN8O11. The number of carbonyl (C=O) groups excluding carboxylic acids is 6. The van der Waals surface area contributed by atoms with Gasteiger partial charge in [-0.2, -0.15) is 0 Å². The molecule has 3 rings (SSSR count). The second-order valence-electron chi connectivity index (χ2n) is 13.3. The molecule has 20 heteroatoms. The molecule has 2 atom stereocenters. The maximum absolute atomic E-state index is 12.9. The van der Waals surface area contributed by atoms with Gasteiger partial charge in [-0.1, -0.05) is 0 Å². The molecule has 3 fully saturated rings. The molecule has 1 aliphatic carbocycles. The first kappa shape index (κ1) is 41.0. The molecule has 2 heterocycles. The number of hydrogen-bond donors (Lipinski definition) is 5. The molecule has 1 saturated carbocycles. The molecule has 3 amide bonds. The number of likely N-dealkylation sites (N-methyl/N-ethyl adjacent to an activating group) is 3. The van der Waals surface area contributed by atoms with Crippen molar-refractivity contribution in [2.75, 3.05) is 86.6 Å². The lowest BCUT2D eigenvalue weighted by Crippen LogP contribution is -2.53. The van der Waals surface area contributed by atoms with E-state index < -0.39 is 37.0 Å². The largest absolute Gasteiger partial charge is 0.475 e. The van der Waals surface area contributed by atoms with Crippen molar-refractivity contribution in [2.45, 2.75) is 57.4 Å². The smallest absolute Gasteiger partial charge is 0.426 e. The molecule has 282 valence electrons. The predicted octanol–water partition coefficient (Wildman–Crippen LogP) is -3.51. The molecule has 0 spiro atoms. The number of nitrogens with zero attached hydrogens (tertiary/aromatic N) is 5. The molecule has 3 aliphatic rings. The van der Waals surface area contributed by atoms with E-state index in [1.165, 1.54) is 11.9 Å². The van der Waals surface area contributed by atoms with Gasteiger partial charge in [-0.3, -0.25) is 43.6 Å². The summed E-state index contributed by atoms with van der Waals surface area (Å²) in [5.74, 6) is -3.76. The summed E-state index contributed by atoms with van der Waals surface area (Å²) in [7, 11) is 3.40. The van der Waals surface area contributed by atoms with E-state index >= 15 is 0 Å². The zero-order valence-corrected chi connectivity index (χ0v) is 29.5. The number of likely N-dealkylation sites (tertiary alicyclic amines) is 1. The minimum Gasteiger partial charge on any atom is -0.426 e. The summed E-state index contributed by atoms with van der Waals surface area (Å²) in [6.45, 7) is 3.82. The molecule has 0 aromatic heterocycles. The highest BCUT2D eigenvalue weighted by molar-refractivity contribution is 6.43. The zero-order chi connectivity index (χ0) is 36.8. The van der Waals surface area contributed by atoms with Gasteiger partial charge in [0.05, 0.1) is 32.1 Å². The third-order valence-electron chi connectivity index (χ3n) is 9.07. The monoisotopic (exact) mass is 712 g/mol. The lowest BCUT2D eigenvalue weighted by molar-refractivity contribution is -0.463. The fraction of sp³-hybridized carbons (Fsp3) is 0.800. The van der Waals surface area contributed by atoms with Gasteiger partial charge >= 0.3 is 25.0 Å².